The second-order valence-corrected chi connectivity index (χ2v) is 17.0. The van der Waals surface area contributed by atoms with E-state index in [0.717, 1.165) is 43.2 Å². The van der Waals surface area contributed by atoms with Gasteiger partial charge in [-0.05, 0) is 91.3 Å². The van der Waals surface area contributed by atoms with Crippen LogP contribution in [0.2, 0.25) is 5.02 Å². The SMILES string of the molecule is CO[C@H]1/C=C/CCN(C)C(=O)C[C@](O)(C(=O)NS(=O)(=O)CC(C)(F)F)c2ccc3c(c2)N(C[C@@H]2CC[C@H]21)C[C@@]1(CCCc2cc(Cl)ccc21)CO3. The number of aryl methyl sites for hydroxylation is 1. The van der Waals surface area contributed by atoms with Crippen LogP contribution in [0.4, 0.5) is 14.5 Å². The molecule has 2 aliphatic heterocycles. The van der Waals surface area contributed by atoms with Crippen LogP contribution in [-0.2, 0) is 41.8 Å². The van der Waals surface area contributed by atoms with Gasteiger partial charge in [0.25, 0.3) is 11.8 Å². The van der Waals surface area contributed by atoms with E-state index in [1.165, 1.54) is 18.0 Å². The molecule has 0 saturated heterocycles. The number of nitrogens with zero attached hydrogens (tertiary/aromatic N) is 2. The number of nitrogens with one attached hydrogen (secondary N) is 1. The van der Waals surface area contributed by atoms with Gasteiger partial charge in [-0.1, -0.05) is 35.9 Å². The highest BCUT2D eigenvalue weighted by Crippen LogP contribution is 2.48. The van der Waals surface area contributed by atoms with Crippen LogP contribution in [0.25, 0.3) is 0 Å². The molecule has 51 heavy (non-hydrogen) atoms. The zero-order valence-electron chi connectivity index (χ0n) is 29.2. The van der Waals surface area contributed by atoms with Gasteiger partial charge in [-0.15, -0.1) is 0 Å². The predicted octanol–water partition coefficient (Wildman–Crippen LogP) is 4.95. The van der Waals surface area contributed by atoms with E-state index in [0.29, 0.717) is 49.5 Å². The van der Waals surface area contributed by atoms with E-state index in [4.69, 9.17) is 21.1 Å². The molecule has 2 bridgehead atoms. The van der Waals surface area contributed by atoms with Crippen molar-refractivity contribution in [2.75, 3.05) is 51.1 Å². The molecule has 278 valence electrons. The molecule has 4 aliphatic rings. The first-order valence-electron chi connectivity index (χ1n) is 17.4. The van der Waals surface area contributed by atoms with Crippen LogP contribution in [-0.4, -0.2) is 88.4 Å². The summed E-state index contributed by atoms with van der Waals surface area (Å²) in [6, 6.07) is 10.6. The Bertz CT molecular complexity index is 1800. The molecule has 14 heteroatoms. The van der Waals surface area contributed by atoms with Crippen LogP contribution >= 0.6 is 11.6 Å². The molecule has 6 rings (SSSR count). The van der Waals surface area contributed by atoms with E-state index >= 15 is 0 Å². The number of carbonyl (C=O) groups excluding carboxylic acids is 2. The largest absolute Gasteiger partial charge is 0.490 e. The number of rotatable bonds is 5. The van der Waals surface area contributed by atoms with Crippen molar-refractivity contribution >= 4 is 39.1 Å². The summed E-state index contributed by atoms with van der Waals surface area (Å²) < 4.78 is 67.1. The number of methoxy groups -OCH3 is 1. The monoisotopic (exact) mass is 749 g/mol. The first-order valence-corrected chi connectivity index (χ1v) is 19.5. The minimum Gasteiger partial charge on any atom is -0.490 e. The second-order valence-electron chi connectivity index (χ2n) is 14.8. The number of halogens is 3. The third-order valence-corrected chi connectivity index (χ3v) is 12.6. The molecule has 2 aromatic rings. The molecular weight excluding hydrogens is 704 g/mol. The highest BCUT2D eigenvalue weighted by Gasteiger charge is 2.47. The zero-order valence-corrected chi connectivity index (χ0v) is 30.7. The van der Waals surface area contributed by atoms with Gasteiger partial charge in [0.15, 0.2) is 5.60 Å². The molecule has 10 nitrogen and oxygen atoms in total. The molecule has 2 heterocycles. The minimum absolute atomic E-state index is 0.0637. The molecule has 2 aromatic carbocycles. The average molecular weight is 750 g/mol. The Balaban J connectivity index is 1.47. The van der Waals surface area contributed by atoms with Gasteiger partial charge >= 0.3 is 0 Å². The molecular formula is C37H46ClF2N3O7S. The predicted molar refractivity (Wildman–Crippen MR) is 190 cm³/mol. The maximum atomic E-state index is 13.8. The number of benzene rings is 2. The maximum Gasteiger partial charge on any atom is 0.270 e. The van der Waals surface area contributed by atoms with Crippen LogP contribution in [0.5, 0.6) is 5.75 Å². The van der Waals surface area contributed by atoms with Crippen molar-refractivity contribution in [2.24, 2.45) is 11.8 Å². The molecule has 0 aromatic heterocycles. The van der Waals surface area contributed by atoms with E-state index in [2.05, 4.69) is 11.0 Å². The summed E-state index contributed by atoms with van der Waals surface area (Å²) in [7, 11) is -1.68. The van der Waals surface area contributed by atoms with Crippen LogP contribution in [0.1, 0.15) is 62.1 Å². The van der Waals surface area contributed by atoms with Crippen molar-refractivity contribution in [3.05, 3.63) is 70.3 Å². The fraction of sp³-hybridized carbons (Fsp3) is 0.568. The molecule has 1 fully saturated rings. The molecule has 2 N–H and O–H groups in total. The van der Waals surface area contributed by atoms with Gasteiger partial charge in [0, 0.05) is 51.2 Å². The van der Waals surface area contributed by atoms with Crippen molar-refractivity contribution < 1.29 is 41.4 Å². The van der Waals surface area contributed by atoms with Crippen molar-refractivity contribution in [1.82, 2.24) is 9.62 Å². The third-order valence-electron chi connectivity index (χ3n) is 11.0. The van der Waals surface area contributed by atoms with E-state index in [9.17, 15) is 31.9 Å². The fourth-order valence-electron chi connectivity index (χ4n) is 8.19. The molecule has 0 unspecified atom stereocenters. The summed E-state index contributed by atoms with van der Waals surface area (Å²) in [6.07, 6.45) is 8.10. The number of aliphatic hydroxyl groups is 1. The van der Waals surface area contributed by atoms with E-state index in [1.54, 1.807) is 24.0 Å². The molecule has 2 aliphatic carbocycles. The van der Waals surface area contributed by atoms with Crippen molar-refractivity contribution in [3.8, 4) is 5.75 Å². The van der Waals surface area contributed by atoms with Gasteiger partial charge in [0.1, 0.15) is 11.5 Å². The molecule has 1 saturated carbocycles. The lowest BCUT2D eigenvalue weighted by molar-refractivity contribution is -0.148. The van der Waals surface area contributed by atoms with Crippen molar-refractivity contribution in [3.63, 3.8) is 0 Å². The van der Waals surface area contributed by atoms with Gasteiger partial charge < -0.3 is 24.4 Å². The van der Waals surface area contributed by atoms with Crippen molar-refractivity contribution in [1.29, 1.82) is 0 Å². The van der Waals surface area contributed by atoms with E-state index in [-0.39, 0.29) is 30.0 Å². The number of sulfonamides is 1. The zero-order chi connectivity index (χ0) is 36.8. The molecule has 1 spiro atoms. The normalized spacial score (nSPS) is 29.2. The van der Waals surface area contributed by atoms with Crippen LogP contribution < -0.4 is 14.4 Å². The first kappa shape index (κ1) is 37.5. The van der Waals surface area contributed by atoms with Crippen molar-refractivity contribution in [2.45, 2.75) is 74.9 Å². The number of carbonyl (C=O) groups is 2. The van der Waals surface area contributed by atoms with Crippen LogP contribution in [0.3, 0.4) is 0 Å². The fourth-order valence-corrected chi connectivity index (χ4v) is 9.58. The number of fused-ring (bicyclic) bond motifs is 4. The minimum atomic E-state index is -4.90. The Morgan fingerprint density at radius 1 is 1.22 bits per heavy atom. The van der Waals surface area contributed by atoms with Gasteiger partial charge in [-0.2, -0.15) is 0 Å². The van der Waals surface area contributed by atoms with Gasteiger partial charge in [0.05, 0.1) is 24.8 Å². The number of ether oxygens (including phenoxy) is 2. The summed E-state index contributed by atoms with van der Waals surface area (Å²) >= 11 is 6.42. The van der Waals surface area contributed by atoms with Gasteiger partial charge in [-0.3, -0.25) is 14.3 Å². The summed E-state index contributed by atoms with van der Waals surface area (Å²) in [5.74, 6) is -6.50. The highest BCUT2D eigenvalue weighted by atomic mass is 35.5. The third kappa shape index (κ3) is 7.91. The van der Waals surface area contributed by atoms with Crippen LogP contribution in [0, 0.1) is 11.8 Å². The Hall–Kier alpha value is -3.26. The topological polar surface area (TPSA) is 125 Å². The molecule has 0 radical (unpaired) electrons. The van der Waals surface area contributed by atoms with E-state index in [1.807, 2.05) is 24.3 Å². The summed E-state index contributed by atoms with van der Waals surface area (Å²) in [4.78, 5) is 30.9. The Morgan fingerprint density at radius 3 is 2.71 bits per heavy atom. The molecule has 5 atom stereocenters. The summed E-state index contributed by atoms with van der Waals surface area (Å²) in [5.41, 5.74) is -0.313. The lowest BCUT2D eigenvalue weighted by atomic mass is 9.68. The number of amides is 2. The number of alkyl halides is 2. The number of hydrogen-bond acceptors (Lipinski definition) is 8. The highest BCUT2D eigenvalue weighted by molar-refractivity contribution is 7.90. The number of hydrogen-bond donors (Lipinski definition) is 2. The standard InChI is InChI=1S/C37H46ClF2N3O7S/c1-35(39,40)23-51(47,48)41-34(45)37(46)19-33(44)42(2)16-5-4-8-31(49-3)28-12-9-25(28)20-43-21-36(22-50-32-14-10-26(37)18-30(32)43)15-6-7-24-17-27(38)11-13-29(24)36/h4,8,10-11,13-14,17-18,25,28,31,46H,5-7,9,12,15-16,19-23H2,1-3H3,(H,41,45)/b8-4+/t25-,28+,31-,36-,37+/m0/s1. The van der Waals surface area contributed by atoms with Gasteiger partial charge in [-0.25, -0.2) is 17.2 Å². The lowest BCUT2D eigenvalue weighted by Crippen LogP contribution is -2.51. The quantitative estimate of drug-likeness (QED) is 0.412. The average Bonchev–Trinajstić information content (AvgIpc) is 3.19. The summed E-state index contributed by atoms with van der Waals surface area (Å²) in [5, 5.41) is 12.8. The smallest absolute Gasteiger partial charge is 0.270 e. The summed E-state index contributed by atoms with van der Waals surface area (Å²) in [6.45, 7) is 2.17. The van der Waals surface area contributed by atoms with E-state index < -0.39 is 50.9 Å². The molecule has 2 amide bonds. The second kappa shape index (κ2) is 14.3. The van der Waals surface area contributed by atoms with Gasteiger partial charge in [0.2, 0.25) is 15.9 Å². The Labute approximate surface area is 303 Å². The Morgan fingerprint density at radius 2 is 2.00 bits per heavy atom. The van der Waals surface area contributed by atoms with Crippen LogP contribution in [0.15, 0.2) is 48.6 Å². The lowest BCUT2D eigenvalue weighted by Gasteiger charge is -2.46. The maximum absolute atomic E-state index is 13.8. The first-order chi connectivity index (χ1) is 24.0. The number of anilines is 1. The Kier molecular flexibility index (Phi) is 10.5.